The lowest BCUT2D eigenvalue weighted by Gasteiger charge is -2.08. The Kier molecular flexibility index (Phi) is 4.34. The van der Waals surface area contributed by atoms with Gasteiger partial charge in [0.25, 0.3) is 0 Å². The highest BCUT2D eigenvalue weighted by atomic mass is 16.5. The monoisotopic (exact) mass is 218 g/mol. The largest absolute Gasteiger partial charge is 0.447 e. The van der Waals surface area contributed by atoms with Crippen LogP contribution in [-0.2, 0) is 16.0 Å². The molecule has 16 heavy (non-hydrogen) atoms. The maximum Gasteiger partial charge on any atom is 0.311 e. The molecule has 1 aromatic rings. The zero-order valence-electron chi connectivity index (χ0n) is 9.14. The molecule has 0 aromatic heterocycles. The van der Waals surface area contributed by atoms with Gasteiger partial charge in [-0.25, -0.2) is 0 Å². The summed E-state index contributed by atoms with van der Waals surface area (Å²) in [5.74, 6) is -0.391. The predicted octanol–water partition coefficient (Wildman–Crippen LogP) is 1.66. The Balaban J connectivity index is 2.52. The highest BCUT2D eigenvalue weighted by Crippen LogP contribution is 2.07. The van der Waals surface area contributed by atoms with Crippen molar-refractivity contribution < 1.29 is 9.53 Å². The van der Waals surface area contributed by atoms with Gasteiger partial charge < -0.3 is 10.5 Å². The number of benzene rings is 1. The van der Waals surface area contributed by atoms with Crippen LogP contribution in [0.1, 0.15) is 18.9 Å². The van der Waals surface area contributed by atoms with Crippen LogP contribution >= 0.6 is 0 Å². The van der Waals surface area contributed by atoms with Gasteiger partial charge in [-0.15, -0.1) is 0 Å². The molecule has 0 amide bonds. The molecular formula is C12H14N2O2. The smallest absolute Gasteiger partial charge is 0.311 e. The molecule has 0 spiro atoms. The molecule has 2 N–H and O–H groups in total. The molecule has 0 saturated carbocycles. The standard InChI is InChI=1S/C12H14N2O2/c1-2-11(8-13)16-12(15)7-9-3-5-10(14)6-4-9/h3-6,11H,2,7,14H2,1H3. The lowest BCUT2D eigenvalue weighted by Crippen LogP contribution is -2.17. The molecule has 1 atom stereocenters. The summed E-state index contributed by atoms with van der Waals surface area (Å²) in [4.78, 5) is 11.4. The summed E-state index contributed by atoms with van der Waals surface area (Å²) in [6.07, 6.45) is 0.0175. The number of nitrogens with two attached hydrogens (primary N) is 1. The fraction of sp³-hybridized carbons (Fsp3) is 0.333. The van der Waals surface area contributed by atoms with Crippen molar-refractivity contribution in [3.63, 3.8) is 0 Å². The van der Waals surface area contributed by atoms with E-state index in [0.717, 1.165) is 5.56 Å². The van der Waals surface area contributed by atoms with E-state index >= 15 is 0 Å². The molecular weight excluding hydrogens is 204 g/mol. The number of carbonyl (C=O) groups is 1. The normalized spacial score (nSPS) is 11.5. The zero-order valence-corrected chi connectivity index (χ0v) is 9.14. The number of nitrogen functional groups attached to an aromatic ring is 1. The average molecular weight is 218 g/mol. The van der Waals surface area contributed by atoms with E-state index in [2.05, 4.69) is 0 Å². The molecule has 0 heterocycles. The molecule has 0 radical (unpaired) electrons. The second kappa shape index (κ2) is 5.76. The van der Waals surface area contributed by atoms with Gasteiger partial charge in [-0.3, -0.25) is 4.79 Å². The third-order valence-corrected chi connectivity index (χ3v) is 2.12. The number of carbonyl (C=O) groups excluding carboxylic acids is 1. The Bertz CT molecular complexity index is 392. The molecule has 4 heteroatoms. The van der Waals surface area contributed by atoms with Gasteiger partial charge in [-0.2, -0.15) is 5.26 Å². The number of anilines is 1. The number of hydrogen-bond donors (Lipinski definition) is 1. The number of esters is 1. The van der Waals surface area contributed by atoms with E-state index in [1.54, 1.807) is 31.2 Å². The van der Waals surface area contributed by atoms with Gasteiger partial charge in [0.15, 0.2) is 6.10 Å². The summed E-state index contributed by atoms with van der Waals surface area (Å²) in [6, 6.07) is 8.90. The van der Waals surface area contributed by atoms with Crippen LogP contribution in [0.2, 0.25) is 0 Å². The van der Waals surface area contributed by atoms with E-state index in [-0.39, 0.29) is 6.42 Å². The quantitative estimate of drug-likeness (QED) is 0.616. The number of ether oxygens (including phenoxy) is 1. The topological polar surface area (TPSA) is 76.1 Å². The van der Waals surface area contributed by atoms with E-state index in [4.69, 9.17) is 15.7 Å². The fourth-order valence-corrected chi connectivity index (χ4v) is 1.20. The van der Waals surface area contributed by atoms with Crippen molar-refractivity contribution in [1.82, 2.24) is 0 Å². The van der Waals surface area contributed by atoms with E-state index < -0.39 is 12.1 Å². The van der Waals surface area contributed by atoms with Gasteiger partial charge in [-0.05, 0) is 24.1 Å². The van der Waals surface area contributed by atoms with Crippen molar-refractivity contribution in [3.8, 4) is 6.07 Å². The minimum atomic E-state index is -0.652. The Hall–Kier alpha value is -2.02. The van der Waals surface area contributed by atoms with Gasteiger partial charge in [-0.1, -0.05) is 19.1 Å². The Morgan fingerprint density at radius 2 is 2.12 bits per heavy atom. The van der Waals surface area contributed by atoms with Crippen molar-refractivity contribution in [2.75, 3.05) is 5.73 Å². The number of nitrogens with zero attached hydrogens (tertiary/aromatic N) is 1. The van der Waals surface area contributed by atoms with E-state index in [1.807, 2.05) is 6.07 Å². The molecule has 1 aromatic carbocycles. The second-order valence-corrected chi connectivity index (χ2v) is 3.43. The maximum atomic E-state index is 11.4. The number of rotatable bonds is 4. The third-order valence-electron chi connectivity index (χ3n) is 2.12. The van der Waals surface area contributed by atoms with Crippen LogP contribution in [0.3, 0.4) is 0 Å². The van der Waals surface area contributed by atoms with Crippen LogP contribution in [-0.4, -0.2) is 12.1 Å². The highest BCUT2D eigenvalue weighted by molar-refractivity contribution is 5.73. The minimum Gasteiger partial charge on any atom is -0.447 e. The summed E-state index contributed by atoms with van der Waals surface area (Å²) < 4.78 is 4.95. The lowest BCUT2D eigenvalue weighted by molar-refractivity contribution is -0.145. The molecule has 0 saturated heterocycles. The molecule has 0 aliphatic heterocycles. The van der Waals surface area contributed by atoms with Crippen LogP contribution in [0.15, 0.2) is 24.3 Å². The average Bonchev–Trinajstić information content (AvgIpc) is 2.29. The van der Waals surface area contributed by atoms with E-state index in [9.17, 15) is 4.79 Å². The van der Waals surface area contributed by atoms with Gasteiger partial charge in [0.05, 0.1) is 6.42 Å². The maximum absolute atomic E-state index is 11.4. The fourth-order valence-electron chi connectivity index (χ4n) is 1.20. The molecule has 1 unspecified atom stereocenters. The molecule has 0 aliphatic rings. The number of hydrogen-bond acceptors (Lipinski definition) is 4. The first-order valence-electron chi connectivity index (χ1n) is 5.09. The molecule has 84 valence electrons. The molecule has 4 nitrogen and oxygen atoms in total. The molecule has 0 bridgehead atoms. The van der Waals surface area contributed by atoms with Crippen molar-refractivity contribution in [2.24, 2.45) is 0 Å². The van der Waals surface area contributed by atoms with Crippen molar-refractivity contribution >= 4 is 11.7 Å². The highest BCUT2D eigenvalue weighted by Gasteiger charge is 2.11. The summed E-state index contributed by atoms with van der Waals surface area (Å²) in [5, 5.41) is 8.63. The second-order valence-electron chi connectivity index (χ2n) is 3.43. The summed E-state index contributed by atoms with van der Waals surface area (Å²) in [7, 11) is 0. The van der Waals surface area contributed by atoms with Gasteiger partial charge in [0, 0.05) is 5.69 Å². The van der Waals surface area contributed by atoms with Gasteiger partial charge in [0.1, 0.15) is 6.07 Å². The summed E-state index contributed by atoms with van der Waals surface area (Å²) in [6.45, 7) is 1.80. The van der Waals surface area contributed by atoms with E-state index in [1.165, 1.54) is 0 Å². The summed E-state index contributed by atoms with van der Waals surface area (Å²) in [5.41, 5.74) is 7.00. The Morgan fingerprint density at radius 3 is 2.62 bits per heavy atom. The first kappa shape index (κ1) is 12.1. The minimum absolute atomic E-state index is 0.165. The van der Waals surface area contributed by atoms with Crippen molar-refractivity contribution in [1.29, 1.82) is 5.26 Å². The first-order valence-corrected chi connectivity index (χ1v) is 5.09. The predicted molar refractivity (Wildman–Crippen MR) is 60.3 cm³/mol. The third kappa shape index (κ3) is 3.62. The van der Waals surface area contributed by atoms with Crippen LogP contribution in [0.25, 0.3) is 0 Å². The lowest BCUT2D eigenvalue weighted by atomic mass is 10.1. The zero-order chi connectivity index (χ0) is 12.0. The van der Waals surface area contributed by atoms with Gasteiger partial charge in [0.2, 0.25) is 0 Å². The molecule has 0 fully saturated rings. The Labute approximate surface area is 94.6 Å². The van der Waals surface area contributed by atoms with Crippen molar-refractivity contribution in [2.45, 2.75) is 25.9 Å². The van der Waals surface area contributed by atoms with Gasteiger partial charge >= 0.3 is 5.97 Å². The molecule has 0 aliphatic carbocycles. The number of nitriles is 1. The van der Waals surface area contributed by atoms with Crippen LogP contribution in [0.5, 0.6) is 0 Å². The van der Waals surface area contributed by atoms with Crippen molar-refractivity contribution in [3.05, 3.63) is 29.8 Å². The SMILES string of the molecule is CCC(C#N)OC(=O)Cc1ccc(N)cc1. The van der Waals surface area contributed by atoms with Crippen LogP contribution in [0, 0.1) is 11.3 Å². The van der Waals surface area contributed by atoms with Crippen LogP contribution < -0.4 is 5.73 Å². The van der Waals surface area contributed by atoms with Crippen LogP contribution in [0.4, 0.5) is 5.69 Å². The molecule has 1 rings (SSSR count). The Morgan fingerprint density at radius 1 is 1.50 bits per heavy atom. The van der Waals surface area contributed by atoms with E-state index in [0.29, 0.717) is 12.1 Å². The first-order chi connectivity index (χ1) is 7.65. The summed E-state index contributed by atoms with van der Waals surface area (Å²) >= 11 is 0.